The van der Waals surface area contributed by atoms with Gasteiger partial charge in [-0.15, -0.1) is 0 Å². The second kappa shape index (κ2) is 13.7. The number of benzene rings is 2. The number of amides is 3. The van der Waals surface area contributed by atoms with Crippen molar-refractivity contribution in [3.05, 3.63) is 53.1 Å². The first-order chi connectivity index (χ1) is 15.9. The minimum atomic E-state index is -0.889. The summed E-state index contributed by atoms with van der Waals surface area (Å²) in [5.41, 5.74) is 3.20. The lowest BCUT2D eigenvalue weighted by atomic mass is 10.2. The van der Waals surface area contributed by atoms with Crippen molar-refractivity contribution < 1.29 is 28.6 Å². The van der Waals surface area contributed by atoms with Crippen LogP contribution in [-0.4, -0.2) is 57.9 Å². The van der Waals surface area contributed by atoms with Crippen LogP contribution in [0.1, 0.15) is 12.0 Å². The number of nitrogens with one attached hydrogen (secondary N) is 3. The zero-order valence-corrected chi connectivity index (χ0v) is 19.0. The Labute approximate surface area is 196 Å². The van der Waals surface area contributed by atoms with Gasteiger partial charge in [-0.25, -0.2) is 5.43 Å². The molecule has 2 aromatic carbocycles. The summed E-state index contributed by atoms with van der Waals surface area (Å²) in [6.07, 6.45) is 1.93. The summed E-state index contributed by atoms with van der Waals surface area (Å²) in [4.78, 5) is 35.5. The van der Waals surface area contributed by atoms with Crippen LogP contribution >= 0.6 is 11.6 Å². The molecule has 0 aromatic heterocycles. The highest BCUT2D eigenvalue weighted by Gasteiger charge is 2.12. The molecule has 11 heteroatoms. The maximum absolute atomic E-state index is 12.1. The molecule has 33 heavy (non-hydrogen) atoms. The number of hydrogen-bond acceptors (Lipinski definition) is 7. The number of methoxy groups -OCH3 is 2. The maximum Gasteiger partial charge on any atom is 0.329 e. The minimum Gasteiger partial charge on any atom is -0.493 e. The molecule has 0 heterocycles. The Balaban J connectivity index is 1.86. The van der Waals surface area contributed by atoms with Crippen LogP contribution < -0.4 is 25.5 Å². The van der Waals surface area contributed by atoms with E-state index in [1.165, 1.54) is 13.3 Å². The SMILES string of the molecule is COCCCNC(=O)C(=O)N/N=C\c1ccc(OCC(=O)Nc2ccccc2Cl)c(OC)c1. The summed E-state index contributed by atoms with van der Waals surface area (Å²) in [6.45, 7) is 0.539. The quantitative estimate of drug-likeness (QED) is 0.197. The highest BCUT2D eigenvalue weighted by atomic mass is 35.5. The molecule has 2 aromatic rings. The molecule has 3 N–H and O–H groups in total. The van der Waals surface area contributed by atoms with Crippen molar-refractivity contribution in [2.75, 3.05) is 39.3 Å². The first kappa shape index (κ1) is 25.6. The van der Waals surface area contributed by atoms with Crippen LogP contribution in [0.25, 0.3) is 0 Å². The molecule has 0 spiro atoms. The van der Waals surface area contributed by atoms with E-state index in [1.54, 1.807) is 49.6 Å². The van der Waals surface area contributed by atoms with Gasteiger partial charge in [0.25, 0.3) is 5.91 Å². The smallest absolute Gasteiger partial charge is 0.329 e. The normalized spacial score (nSPS) is 10.5. The monoisotopic (exact) mass is 476 g/mol. The Hall–Kier alpha value is -3.63. The molecule has 0 aliphatic heterocycles. The topological polar surface area (TPSA) is 127 Å². The summed E-state index contributed by atoms with van der Waals surface area (Å²) in [5, 5.41) is 9.29. The van der Waals surface area contributed by atoms with E-state index in [0.717, 1.165) is 0 Å². The van der Waals surface area contributed by atoms with Crippen molar-refractivity contribution >= 4 is 41.2 Å². The third kappa shape index (κ3) is 8.79. The highest BCUT2D eigenvalue weighted by molar-refractivity contribution is 6.35. The maximum atomic E-state index is 12.1. The van der Waals surface area contributed by atoms with Gasteiger partial charge in [-0.05, 0) is 42.3 Å². The second-order valence-corrected chi connectivity index (χ2v) is 6.94. The van der Waals surface area contributed by atoms with E-state index < -0.39 is 11.8 Å². The number of halogens is 1. The van der Waals surface area contributed by atoms with E-state index in [9.17, 15) is 14.4 Å². The van der Waals surface area contributed by atoms with E-state index in [0.29, 0.717) is 47.3 Å². The average molecular weight is 477 g/mol. The standard InChI is InChI=1S/C22H25ClN4O6/c1-31-11-5-10-24-21(29)22(30)27-25-13-15-8-9-18(19(12-15)32-2)33-14-20(28)26-17-7-4-3-6-16(17)23/h3-4,6-9,12-13H,5,10-11,14H2,1-2H3,(H,24,29)(H,26,28)(H,27,30)/b25-13-. The van der Waals surface area contributed by atoms with E-state index in [-0.39, 0.29) is 12.5 Å². The Morgan fingerprint density at radius 2 is 1.85 bits per heavy atom. The molecular weight excluding hydrogens is 452 g/mol. The Bertz CT molecular complexity index is 999. The number of carbonyl (C=O) groups excluding carboxylic acids is 3. The number of nitrogens with zero attached hydrogens (tertiary/aromatic N) is 1. The molecule has 176 valence electrons. The lowest BCUT2D eigenvalue weighted by Gasteiger charge is -2.12. The number of anilines is 1. The number of para-hydroxylation sites is 1. The summed E-state index contributed by atoms with van der Waals surface area (Å²) >= 11 is 6.02. The molecular formula is C22H25ClN4O6. The van der Waals surface area contributed by atoms with E-state index >= 15 is 0 Å². The van der Waals surface area contributed by atoms with E-state index in [4.69, 9.17) is 25.8 Å². The lowest BCUT2D eigenvalue weighted by molar-refractivity contribution is -0.139. The molecule has 0 saturated carbocycles. The fraction of sp³-hybridized carbons (Fsp3) is 0.273. The van der Waals surface area contributed by atoms with Crippen molar-refractivity contribution in [3.63, 3.8) is 0 Å². The van der Waals surface area contributed by atoms with Crippen molar-refractivity contribution in [2.45, 2.75) is 6.42 Å². The van der Waals surface area contributed by atoms with E-state index in [1.807, 2.05) is 0 Å². The van der Waals surface area contributed by atoms with Gasteiger partial charge >= 0.3 is 11.8 Å². The number of rotatable bonds is 11. The Morgan fingerprint density at radius 1 is 1.06 bits per heavy atom. The van der Waals surface area contributed by atoms with Gasteiger partial charge in [0.15, 0.2) is 18.1 Å². The predicted octanol–water partition coefficient (Wildman–Crippen LogP) is 1.97. The Kier molecular flexibility index (Phi) is 10.6. The van der Waals surface area contributed by atoms with Gasteiger partial charge in [-0.1, -0.05) is 23.7 Å². The molecule has 10 nitrogen and oxygen atoms in total. The van der Waals surface area contributed by atoms with Gasteiger partial charge in [-0.2, -0.15) is 5.10 Å². The highest BCUT2D eigenvalue weighted by Crippen LogP contribution is 2.27. The van der Waals surface area contributed by atoms with Gasteiger partial charge in [-0.3, -0.25) is 14.4 Å². The third-order valence-electron chi connectivity index (χ3n) is 4.09. The van der Waals surface area contributed by atoms with Gasteiger partial charge in [0, 0.05) is 20.3 Å². The minimum absolute atomic E-state index is 0.259. The first-order valence-corrected chi connectivity index (χ1v) is 10.3. The molecule has 3 amide bonds. The molecule has 0 saturated heterocycles. The Morgan fingerprint density at radius 3 is 2.58 bits per heavy atom. The molecule has 0 aliphatic carbocycles. The van der Waals surface area contributed by atoms with Crippen LogP contribution in [0, 0.1) is 0 Å². The van der Waals surface area contributed by atoms with Crippen LogP contribution in [0.3, 0.4) is 0 Å². The molecule has 0 bridgehead atoms. The van der Waals surface area contributed by atoms with Crippen LogP contribution in [0.15, 0.2) is 47.6 Å². The molecule has 0 aliphatic rings. The summed E-state index contributed by atoms with van der Waals surface area (Å²) in [5.74, 6) is -1.38. The van der Waals surface area contributed by atoms with Crippen LogP contribution in [0.5, 0.6) is 11.5 Å². The average Bonchev–Trinajstić information content (AvgIpc) is 2.82. The summed E-state index contributed by atoms with van der Waals surface area (Å²) in [6, 6.07) is 11.7. The van der Waals surface area contributed by atoms with Crippen LogP contribution in [0.4, 0.5) is 5.69 Å². The van der Waals surface area contributed by atoms with Crippen LogP contribution in [0.2, 0.25) is 5.02 Å². The summed E-state index contributed by atoms with van der Waals surface area (Å²) in [7, 11) is 3.00. The van der Waals surface area contributed by atoms with Crippen molar-refractivity contribution in [1.82, 2.24) is 10.7 Å². The van der Waals surface area contributed by atoms with Gasteiger partial charge in [0.05, 0.1) is 24.0 Å². The largest absolute Gasteiger partial charge is 0.493 e. The molecule has 0 radical (unpaired) electrons. The molecule has 0 atom stereocenters. The molecule has 0 unspecified atom stereocenters. The zero-order valence-electron chi connectivity index (χ0n) is 18.2. The first-order valence-electron chi connectivity index (χ1n) is 9.90. The fourth-order valence-electron chi connectivity index (χ4n) is 2.49. The number of carbonyl (C=O) groups is 3. The molecule has 0 fully saturated rings. The van der Waals surface area contributed by atoms with Gasteiger partial charge < -0.3 is 24.8 Å². The molecule has 2 rings (SSSR count). The van der Waals surface area contributed by atoms with Gasteiger partial charge in [0.1, 0.15) is 0 Å². The number of hydrazone groups is 1. The van der Waals surface area contributed by atoms with Crippen molar-refractivity contribution in [3.8, 4) is 11.5 Å². The number of hydrogen-bond donors (Lipinski definition) is 3. The zero-order chi connectivity index (χ0) is 24.1. The second-order valence-electron chi connectivity index (χ2n) is 6.53. The fourth-order valence-corrected chi connectivity index (χ4v) is 2.67. The van der Waals surface area contributed by atoms with E-state index in [2.05, 4.69) is 21.2 Å². The van der Waals surface area contributed by atoms with Gasteiger partial charge in [0.2, 0.25) is 0 Å². The van der Waals surface area contributed by atoms with Crippen molar-refractivity contribution in [1.29, 1.82) is 0 Å². The number of ether oxygens (including phenoxy) is 3. The third-order valence-corrected chi connectivity index (χ3v) is 4.42. The summed E-state index contributed by atoms with van der Waals surface area (Å²) < 4.78 is 15.7. The predicted molar refractivity (Wildman–Crippen MR) is 124 cm³/mol. The van der Waals surface area contributed by atoms with Crippen molar-refractivity contribution in [2.24, 2.45) is 5.10 Å². The lowest BCUT2D eigenvalue weighted by Crippen LogP contribution is -2.38. The van der Waals surface area contributed by atoms with Crippen LogP contribution in [-0.2, 0) is 19.1 Å².